The number of hydrogen-bond donors (Lipinski definition) is 1. The van der Waals surface area contributed by atoms with E-state index >= 15 is 0 Å². The molecule has 104 valence electrons. The van der Waals surface area contributed by atoms with Crippen LogP contribution in [0.3, 0.4) is 0 Å². The summed E-state index contributed by atoms with van der Waals surface area (Å²) in [4.78, 5) is 17.1. The molecule has 0 radical (unpaired) electrons. The Balaban J connectivity index is 1.94. The maximum absolute atomic E-state index is 10.9. The summed E-state index contributed by atoms with van der Waals surface area (Å²) in [6.07, 6.45) is 2.55. The fraction of sp³-hybridized carbons (Fsp3) is 0.615. The van der Waals surface area contributed by atoms with Gasteiger partial charge in [-0.05, 0) is 32.4 Å². The van der Waals surface area contributed by atoms with Gasteiger partial charge in [-0.3, -0.25) is 15.0 Å². The van der Waals surface area contributed by atoms with Gasteiger partial charge in [0.25, 0.3) is 0 Å². The van der Waals surface area contributed by atoms with Crippen LogP contribution in [-0.2, 0) is 0 Å². The first-order valence-electron chi connectivity index (χ1n) is 6.71. The zero-order valence-corrected chi connectivity index (χ0v) is 11.4. The summed E-state index contributed by atoms with van der Waals surface area (Å²) >= 11 is 0. The molecule has 0 bridgehead atoms. The standard InChI is InChI=1S/C13H20N4O2/c1-3-16(11-5-6-11)9-8-14-13-12(17(18)19)7-4-10(2)15-13/h4,7,11H,3,5-6,8-9H2,1-2H3,(H,14,15). The molecule has 0 spiro atoms. The molecule has 19 heavy (non-hydrogen) atoms. The molecule has 0 amide bonds. The third-order valence-corrected chi connectivity index (χ3v) is 3.37. The van der Waals surface area contributed by atoms with E-state index in [-0.39, 0.29) is 5.69 Å². The lowest BCUT2D eigenvalue weighted by Crippen LogP contribution is -2.31. The van der Waals surface area contributed by atoms with Crippen LogP contribution in [0.15, 0.2) is 12.1 Å². The van der Waals surface area contributed by atoms with E-state index < -0.39 is 4.92 Å². The zero-order chi connectivity index (χ0) is 13.8. The number of hydrogen-bond acceptors (Lipinski definition) is 5. The molecule has 1 saturated carbocycles. The number of nitro groups is 1. The number of rotatable bonds is 7. The van der Waals surface area contributed by atoms with Crippen LogP contribution >= 0.6 is 0 Å². The maximum Gasteiger partial charge on any atom is 0.311 e. The Bertz CT molecular complexity index is 460. The minimum atomic E-state index is -0.396. The Kier molecular flexibility index (Phi) is 4.31. The molecule has 0 aromatic carbocycles. The summed E-state index contributed by atoms with van der Waals surface area (Å²) in [6, 6.07) is 3.88. The molecule has 1 N–H and O–H groups in total. The van der Waals surface area contributed by atoms with Gasteiger partial charge in [-0.25, -0.2) is 4.98 Å². The number of aryl methyl sites for hydroxylation is 1. The molecule has 6 heteroatoms. The van der Waals surface area contributed by atoms with Gasteiger partial charge in [0.1, 0.15) is 0 Å². The van der Waals surface area contributed by atoms with E-state index in [1.54, 1.807) is 6.07 Å². The van der Waals surface area contributed by atoms with Crippen LogP contribution in [-0.4, -0.2) is 40.5 Å². The van der Waals surface area contributed by atoms with Crippen LogP contribution in [0.4, 0.5) is 11.5 Å². The molecular weight excluding hydrogens is 244 g/mol. The lowest BCUT2D eigenvalue weighted by atomic mass is 10.3. The van der Waals surface area contributed by atoms with E-state index in [0.29, 0.717) is 18.4 Å². The Labute approximate surface area is 113 Å². The quantitative estimate of drug-likeness (QED) is 0.604. The highest BCUT2D eigenvalue weighted by Gasteiger charge is 2.27. The van der Waals surface area contributed by atoms with Crippen molar-refractivity contribution in [3.63, 3.8) is 0 Å². The molecule has 1 aromatic rings. The minimum absolute atomic E-state index is 0.0417. The normalized spacial score (nSPS) is 14.7. The van der Waals surface area contributed by atoms with Gasteiger partial charge in [-0.2, -0.15) is 0 Å². The highest BCUT2D eigenvalue weighted by Crippen LogP contribution is 2.26. The first-order valence-corrected chi connectivity index (χ1v) is 6.71. The summed E-state index contributed by atoms with van der Waals surface area (Å²) in [6.45, 7) is 6.58. The highest BCUT2D eigenvalue weighted by atomic mass is 16.6. The van der Waals surface area contributed by atoms with Crippen LogP contribution in [0.5, 0.6) is 0 Å². The first-order chi connectivity index (χ1) is 9.11. The predicted molar refractivity (Wildman–Crippen MR) is 74.4 cm³/mol. The molecule has 1 heterocycles. The maximum atomic E-state index is 10.9. The summed E-state index contributed by atoms with van der Waals surface area (Å²) in [5.74, 6) is 0.372. The van der Waals surface area contributed by atoms with E-state index in [2.05, 4.69) is 22.1 Å². The second-order valence-corrected chi connectivity index (χ2v) is 4.86. The van der Waals surface area contributed by atoms with Crippen LogP contribution in [0.2, 0.25) is 0 Å². The number of likely N-dealkylation sites (N-methyl/N-ethyl adjacent to an activating group) is 1. The number of anilines is 1. The first kappa shape index (κ1) is 13.7. The van der Waals surface area contributed by atoms with Gasteiger partial charge in [-0.1, -0.05) is 6.92 Å². The molecule has 0 saturated heterocycles. The van der Waals surface area contributed by atoms with Crippen molar-refractivity contribution in [2.45, 2.75) is 32.7 Å². The van der Waals surface area contributed by atoms with Crippen molar-refractivity contribution in [2.75, 3.05) is 25.0 Å². The molecule has 0 atom stereocenters. The molecular formula is C13H20N4O2. The van der Waals surface area contributed by atoms with E-state index in [4.69, 9.17) is 0 Å². The van der Waals surface area contributed by atoms with Crippen molar-refractivity contribution in [3.05, 3.63) is 27.9 Å². The molecule has 6 nitrogen and oxygen atoms in total. The van der Waals surface area contributed by atoms with Crippen molar-refractivity contribution in [1.82, 2.24) is 9.88 Å². The number of nitrogens with zero attached hydrogens (tertiary/aromatic N) is 3. The molecule has 0 aliphatic heterocycles. The number of aromatic nitrogens is 1. The number of nitrogens with one attached hydrogen (secondary N) is 1. The monoisotopic (exact) mass is 264 g/mol. The fourth-order valence-electron chi connectivity index (χ4n) is 2.18. The second-order valence-electron chi connectivity index (χ2n) is 4.86. The van der Waals surface area contributed by atoms with E-state index in [9.17, 15) is 10.1 Å². The average Bonchev–Trinajstić information content (AvgIpc) is 3.18. The Morgan fingerprint density at radius 3 is 2.84 bits per heavy atom. The number of pyridine rings is 1. The van der Waals surface area contributed by atoms with Crippen molar-refractivity contribution in [3.8, 4) is 0 Å². The Morgan fingerprint density at radius 1 is 1.53 bits per heavy atom. The third kappa shape index (κ3) is 3.64. The lowest BCUT2D eigenvalue weighted by molar-refractivity contribution is -0.384. The lowest BCUT2D eigenvalue weighted by Gasteiger charge is -2.19. The third-order valence-electron chi connectivity index (χ3n) is 3.37. The summed E-state index contributed by atoms with van der Waals surface area (Å²) < 4.78 is 0. The molecule has 0 unspecified atom stereocenters. The average molecular weight is 264 g/mol. The van der Waals surface area contributed by atoms with Crippen LogP contribution < -0.4 is 5.32 Å². The van der Waals surface area contributed by atoms with Gasteiger partial charge in [0, 0.05) is 30.9 Å². The molecule has 1 aliphatic carbocycles. The topological polar surface area (TPSA) is 71.3 Å². The van der Waals surface area contributed by atoms with E-state index in [1.165, 1.54) is 18.9 Å². The smallest absolute Gasteiger partial charge is 0.311 e. The van der Waals surface area contributed by atoms with Crippen LogP contribution in [0.25, 0.3) is 0 Å². The largest absolute Gasteiger partial charge is 0.363 e. The van der Waals surface area contributed by atoms with Gasteiger partial charge in [0.05, 0.1) is 4.92 Å². The van der Waals surface area contributed by atoms with Gasteiger partial charge in [-0.15, -0.1) is 0 Å². The summed E-state index contributed by atoms with van der Waals surface area (Å²) in [5, 5.41) is 14.0. The van der Waals surface area contributed by atoms with Gasteiger partial charge < -0.3 is 5.32 Å². The highest BCUT2D eigenvalue weighted by molar-refractivity contribution is 5.56. The van der Waals surface area contributed by atoms with E-state index in [1.807, 2.05) is 6.92 Å². The summed E-state index contributed by atoms with van der Waals surface area (Å²) in [5.41, 5.74) is 0.822. The minimum Gasteiger partial charge on any atom is -0.363 e. The Hall–Kier alpha value is -1.69. The SMILES string of the molecule is CCN(CCNc1nc(C)ccc1[N+](=O)[O-])C1CC1. The van der Waals surface area contributed by atoms with Crippen molar-refractivity contribution in [1.29, 1.82) is 0 Å². The van der Waals surface area contributed by atoms with Gasteiger partial charge >= 0.3 is 5.69 Å². The van der Waals surface area contributed by atoms with Crippen molar-refractivity contribution in [2.24, 2.45) is 0 Å². The van der Waals surface area contributed by atoms with Crippen LogP contribution in [0.1, 0.15) is 25.5 Å². The molecule has 1 aromatic heterocycles. The fourth-order valence-corrected chi connectivity index (χ4v) is 2.18. The molecule has 1 fully saturated rings. The van der Waals surface area contributed by atoms with Crippen molar-refractivity contribution >= 4 is 11.5 Å². The van der Waals surface area contributed by atoms with Crippen LogP contribution in [0, 0.1) is 17.0 Å². The molecule has 2 rings (SSSR count). The summed E-state index contributed by atoms with van der Waals surface area (Å²) in [7, 11) is 0. The Morgan fingerprint density at radius 2 is 2.26 bits per heavy atom. The van der Waals surface area contributed by atoms with E-state index in [0.717, 1.165) is 18.8 Å². The zero-order valence-electron chi connectivity index (χ0n) is 11.4. The van der Waals surface area contributed by atoms with Crippen molar-refractivity contribution < 1.29 is 4.92 Å². The molecule has 1 aliphatic rings. The van der Waals surface area contributed by atoms with Gasteiger partial charge in [0.2, 0.25) is 5.82 Å². The second kappa shape index (κ2) is 5.97. The predicted octanol–water partition coefficient (Wildman–Crippen LogP) is 2.19. The van der Waals surface area contributed by atoms with Gasteiger partial charge in [0.15, 0.2) is 0 Å².